The summed E-state index contributed by atoms with van der Waals surface area (Å²) in [4.78, 5) is 31.3. The van der Waals surface area contributed by atoms with Crippen molar-refractivity contribution in [2.75, 3.05) is 7.11 Å². The minimum atomic E-state index is -0.325. The second-order valence-electron chi connectivity index (χ2n) is 7.92. The van der Waals surface area contributed by atoms with E-state index in [1.165, 1.54) is 12.8 Å². The van der Waals surface area contributed by atoms with Crippen LogP contribution < -0.4 is 15.7 Å². The minimum Gasteiger partial charge on any atom is -0.497 e. The van der Waals surface area contributed by atoms with E-state index in [1.54, 1.807) is 29.9 Å². The van der Waals surface area contributed by atoms with Crippen molar-refractivity contribution in [1.82, 2.24) is 9.55 Å². The molecule has 2 heterocycles. The van der Waals surface area contributed by atoms with Gasteiger partial charge < -0.3 is 9.15 Å². The van der Waals surface area contributed by atoms with Gasteiger partial charge in [0, 0.05) is 18.0 Å². The van der Waals surface area contributed by atoms with Gasteiger partial charge in [0.1, 0.15) is 17.2 Å². The Kier molecular flexibility index (Phi) is 4.96. The van der Waals surface area contributed by atoms with Crippen LogP contribution in [-0.2, 0) is 0 Å². The average molecular weight is 382 g/mol. The number of benzene rings is 1. The summed E-state index contributed by atoms with van der Waals surface area (Å²) in [7, 11) is 1.56. The van der Waals surface area contributed by atoms with Gasteiger partial charge >= 0.3 is 0 Å². The lowest BCUT2D eigenvalue weighted by Gasteiger charge is -2.23. The van der Waals surface area contributed by atoms with Gasteiger partial charge in [0.2, 0.25) is 11.1 Å². The maximum atomic E-state index is 13.5. The van der Waals surface area contributed by atoms with Crippen LogP contribution in [0.5, 0.6) is 5.75 Å². The van der Waals surface area contributed by atoms with Gasteiger partial charge in [-0.2, -0.15) is 4.98 Å². The number of ether oxygens (including phenoxy) is 1. The van der Waals surface area contributed by atoms with Gasteiger partial charge in [0.15, 0.2) is 5.39 Å². The van der Waals surface area contributed by atoms with E-state index < -0.39 is 0 Å². The Morgan fingerprint density at radius 3 is 2.50 bits per heavy atom. The summed E-state index contributed by atoms with van der Waals surface area (Å²) in [5.74, 6) is 1.33. The summed E-state index contributed by atoms with van der Waals surface area (Å²) in [5.41, 5.74) is -0.101. The summed E-state index contributed by atoms with van der Waals surface area (Å²) in [5, 5.41) is 0.420. The number of rotatable bonds is 3. The first-order valence-corrected chi connectivity index (χ1v) is 10.1. The van der Waals surface area contributed by atoms with E-state index in [4.69, 9.17) is 9.15 Å². The van der Waals surface area contributed by atoms with Gasteiger partial charge in [0.05, 0.1) is 12.5 Å². The van der Waals surface area contributed by atoms with Crippen LogP contribution in [0.25, 0.3) is 22.1 Å². The second kappa shape index (κ2) is 7.41. The average Bonchev–Trinajstić information content (AvgIpc) is 2.96. The van der Waals surface area contributed by atoms with Gasteiger partial charge in [-0.1, -0.05) is 39.5 Å². The van der Waals surface area contributed by atoms with Crippen molar-refractivity contribution >= 4 is 22.1 Å². The predicted octanol–water partition coefficient (Wildman–Crippen LogP) is 4.53. The van der Waals surface area contributed by atoms with Crippen molar-refractivity contribution in [2.24, 2.45) is 0 Å². The zero-order valence-corrected chi connectivity index (χ0v) is 16.7. The predicted molar refractivity (Wildman–Crippen MR) is 109 cm³/mol. The third-order valence-corrected chi connectivity index (χ3v) is 5.68. The molecule has 0 aliphatic heterocycles. The molecule has 1 aliphatic carbocycles. The van der Waals surface area contributed by atoms with E-state index in [-0.39, 0.29) is 34.0 Å². The number of nitrogens with zero attached hydrogens (tertiary/aromatic N) is 2. The first-order chi connectivity index (χ1) is 13.5. The Morgan fingerprint density at radius 2 is 1.86 bits per heavy atom. The minimum absolute atomic E-state index is 0.0475. The van der Waals surface area contributed by atoms with E-state index in [1.807, 2.05) is 13.8 Å². The molecule has 4 rings (SSSR count). The van der Waals surface area contributed by atoms with Crippen molar-refractivity contribution in [1.29, 1.82) is 0 Å². The van der Waals surface area contributed by atoms with E-state index in [2.05, 4.69) is 4.98 Å². The fourth-order valence-electron chi connectivity index (χ4n) is 4.21. The number of methoxy groups -OCH3 is 1. The van der Waals surface area contributed by atoms with E-state index in [0.29, 0.717) is 22.5 Å². The fraction of sp³-hybridized carbons (Fsp3) is 0.500. The molecule has 6 heteroatoms. The lowest BCUT2D eigenvalue weighted by Crippen LogP contribution is -2.32. The Bertz CT molecular complexity index is 1140. The molecule has 0 bridgehead atoms. The van der Waals surface area contributed by atoms with Gasteiger partial charge in [-0.25, -0.2) is 0 Å². The lowest BCUT2D eigenvalue weighted by molar-refractivity contribution is 0.405. The van der Waals surface area contributed by atoms with Crippen LogP contribution >= 0.6 is 0 Å². The van der Waals surface area contributed by atoms with E-state index >= 15 is 0 Å². The second-order valence-corrected chi connectivity index (χ2v) is 7.92. The molecule has 0 spiro atoms. The lowest BCUT2D eigenvalue weighted by atomic mass is 10.1. The molecule has 28 heavy (non-hydrogen) atoms. The molecule has 0 unspecified atom stereocenters. The zero-order chi connectivity index (χ0) is 19.8. The molecule has 0 saturated heterocycles. The van der Waals surface area contributed by atoms with Crippen LogP contribution in [0.15, 0.2) is 32.2 Å². The summed E-state index contributed by atoms with van der Waals surface area (Å²) in [6, 6.07) is 5.09. The van der Waals surface area contributed by atoms with Crippen LogP contribution in [0.4, 0.5) is 0 Å². The number of aromatic nitrogens is 2. The molecule has 6 nitrogen and oxygen atoms in total. The highest BCUT2D eigenvalue weighted by molar-refractivity contribution is 5.88. The van der Waals surface area contributed by atoms with Crippen LogP contribution in [0, 0.1) is 0 Å². The molecule has 0 radical (unpaired) electrons. The maximum Gasteiger partial charge on any atom is 0.269 e. The molecule has 1 fully saturated rings. The number of fused-ring (bicyclic) bond motifs is 2. The molecule has 0 N–H and O–H groups in total. The Morgan fingerprint density at radius 1 is 1.14 bits per heavy atom. The monoisotopic (exact) mass is 382 g/mol. The van der Waals surface area contributed by atoms with Gasteiger partial charge in [-0.15, -0.1) is 0 Å². The molecule has 0 amide bonds. The Hall–Kier alpha value is -2.63. The highest BCUT2D eigenvalue weighted by Crippen LogP contribution is 2.29. The maximum absolute atomic E-state index is 13.5. The largest absolute Gasteiger partial charge is 0.497 e. The first kappa shape index (κ1) is 18.7. The van der Waals surface area contributed by atoms with Crippen molar-refractivity contribution in [3.8, 4) is 5.75 Å². The quantitative estimate of drug-likeness (QED) is 0.491. The Balaban J connectivity index is 2.04. The highest BCUT2D eigenvalue weighted by Gasteiger charge is 2.25. The molecule has 1 aliphatic rings. The van der Waals surface area contributed by atoms with Crippen molar-refractivity contribution in [2.45, 2.75) is 64.3 Å². The first-order valence-electron chi connectivity index (χ1n) is 10.1. The molecular formula is C22H26N2O4. The summed E-state index contributed by atoms with van der Waals surface area (Å²) < 4.78 is 12.9. The van der Waals surface area contributed by atoms with Crippen molar-refractivity contribution < 1.29 is 9.15 Å². The molecule has 2 aromatic heterocycles. The Labute approximate surface area is 163 Å². The third kappa shape index (κ3) is 3.11. The standard InChI is InChI=1S/C22H26N2O4/c1-13(2)20-23-21-18(22(26)24(20)14-8-6-4-5-7-9-14)19(25)16-11-10-15(27-3)12-17(16)28-21/h10-14H,4-9H2,1-3H3. The fourth-order valence-corrected chi connectivity index (χ4v) is 4.21. The van der Waals surface area contributed by atoms with E-state index in [0.717, 1.165) is 25.7 Å². The van der Waals surface area contributed by atoms with Crippen LogP contribution in [0.1, 0.15) is 70.2 Å². The SMILES string of the molecule is COc1ccc2c(=O)c3c(=O)n(C4CCCCCC4)c(C(C)C)nc3oc2c1. The molecule has 148 valence electrons. The van der Waals surface area contributed by atoms with Crippen LogP contribution in [0.2, 0.25) is 0 Å². The van der Waals surface area contributed by atoms with Gasteiger partial charge in [-0.05, 0) is 25.0 Å². The molecule has 1 aromatic carbocycles. The zero-order valence-electron chi connectivity index (χ0n) is 16.7. The van der Waals surface area contributed by atoms with Gasteiger partial charge in [0.25, 0.3) is 5.56 Å². The summed E-state index contributed by atoms with van der Waals surface area (Å²) in [6.45, 7) is 4.03. The normalized spacial score (nSPS) is 16.0. The molecule has 0 atom stereocenters. The van der Waals surface area contributed by atoms with Crippen LogP contribution in [0.3, 0.4) is 0 Å². The van der Waals surface area contributed by atoms with Crippen molar-refractivity contribution in [3.05, 3.63) is 44.6 Å². The topological polar surface area (TPSA) is 74.3 Å². The summed E-state index contributed by atoms with van der Waals surface area (Å²) in [6.07, 6.45) is 6.47. The third-order valence-electron chi connectivity index (χ3n) is 5.68. The molecule has 1 saturated carbocycles. The molecule has 3 aromatic rings. The smallest absolute Gasteiger partial charge is 0.269 e. The molecular weight excluding hydrogens is 356 g/mol. The number of hydrogen-bond acceptors (Lipinski definition) is 5. The van der Waals surface area contributed by atoms with Crippen LogP contribution in [-0.4, -0.2) is 16.7 Å². The van der Waals surface area contributed by atoms with E-state index in [9.17, 15) is 9.59 Å². The number of hydrogen-bond donors (Lipinski definition) is 0. The van der Waals surface area contributed by atoms with Crippen molar-refractivity contribution in [3.63, 3.8) is 0 Å². The van der Waals surface area contributed by atoms with Gasteiger partial charge in [-0.3, -0.25) is 14.2 Å². The highest BCUT2D eigenvalue weighted by atomic mass is 16.5. The summed E-state index contributed by atoms with van der Waals surface area (Å²) >= 11 is 0.